The number of nitrogens with two attached hydrogens (primary N) is 2. The average Bonchev–Trinajstić information content (AvgIpc) is 2.30. The highest BCUT2D eigenvalue weighted by molar-refractivity contribution is 5.27. The molecule has 82 valence electrons. The third-order valence-corrected chi connectivity index (χ3v) is 3.35. The minimum atomic E-state index is -0.0202. The van der Waals surface area contributed by atoms with Gasteiger partial charge >= 0.3 is 0 Å². The van der Waals surface area contributed by atoms with Gasteiger partial charge in [-0.1, -0.05) is 19.3 Å². The number of hydrogen-bond donors (Lipinski definition) is 2. The predicted molar refractivity (Wildman–Crippen MR) is 60.3 cm³/mol. The SMILES string of the molecule is NCC1(c2nccc(N)n2)CCCCC1. The Morgan fingerprint density at radius 2 is 2.00 bits per heavy atom. The van der Waals surface area contributed by atoms with Gasteiger partial charge in [-0.15, -0.1) is 0 Å². The van der Waals surface area contributed by atoms with Crippen molar-refractivity contribution in [2.24, 2.45) is 5.73 Å². The topological polar surface area (TPSA) is 77.8 Å². The van der Waals surface area contributed by atoms with Crippen molar-refractivity contribution in [3.8, 4) is 0 Å². The van der Waals surface area contributed by atoms with E-state index in [0.29, 0.717) is 12.4 Å². The molecule has 0 spiro atoms. The summed E-state index contributed by atoms with van der Waals surface area (Å²) in [6.07, 6.45) is 7.64. The molecule has 1 aliphatic carbocycles. The molecule has 1 aromatic heterocycles. The lowest BCUT2D eigenvalue weighted by atomic mass is 9.73. The Balaban J connectivity index is 2.32. The highest BCUT2D eigenvalue weighted by Crippen LogP contribution is 2.36. The Morgan fingerprint density at radius 3 is 2.60 bits per heavy atom. The van der Waals surface area contributed by atoms with Gasteiger partial charge in [-0.3, -0.25) is 0 Å². The molecule has 0 aromatic carbocycles. The monoisotopic (exact) mass is 206 g/mol. The Morgan fingerprint density at radius 1 is 1.27 bits per heavy atom. The van der Waals surface area contributed by atoms with Gasteiger partial charge in [0.1, 0.15) is 11.6 Å². The molecule has 1 saturated carbocycles. The normalized spacial score (nSPS) is 20.1. The van der Waals surface area contributed by atoms with Crippen LogP contribution in [0.2, 0.25) is 0 Å². The Kier molecular flexibility index (Phi) is 2.86. The third-order valence-electron chi connectivity index (χ3n) is 3.35. The maximum Gasteiger partial charge on any atom is 0.138 e. The lowest BCUT2D eigenvalue weighted by Gasteiger charge is -2.34. The molecule has 1 aliphatic rings. The van der Waals surface area contributed by atoms with Crippen LogP contribution >= 0.6 is 0 Å². The number of anilines is 1. The van der Waals surface area contributed by atoms with Crippen molar-refractivity contribution in [3.05, 3.63) is 18.1 Å². The van der Waals surface area contributed by atoms with Crippen LogP contribution in [0.3, 0.4) is 0 Å². The first kappa shape index (κ1) is 10.4. The van der Waals surface area contributed by atoms with Crippen molar-refractivity contribution in [2.45, 2.75) is 37.5 Å². The van der Waals surface area contributed by atoms with E-state index >= 15 is 0 Å². The van der Waals surface area contributed by atoms with E-state index in [4.69, 9.17) is 11.5 Å². The van der Waals surface area contributed by atoms with Crippen LogP contribution in [0.5, 0.6) is 0 Å². The minimum Gasteiger partial charge on any atom is -0.384 e. The summed E-state index contributed by atoms with van der Waals surface area (Å²) in [5, 5.41) is 0. The average molecular weight is 206 g/mol. The molecule has 1 heterocycles. The van der Waals surface area contributed by atoms with Gasteiger partial charge < -0.3 is 11.5 Å². The summed E-state index contributed by atoms with van der Waals surface area (Å²) in [7, 11) is 0. The molecule has 0 bridgehead atoms. The second kappa shape index (κ2) is 4.14. The number of aromatic nitrogens is 2. The van der Waals surface area contributed by atoms with E-state index in [9.17, 15) is 0 Å². The fourth-order valence-corrected chi connectivity index (χ4v) is 2.38. The fraction of sp³-hybridized carbons (Fsp3) is 0.636. The summed E-state index contributed by atoms with van der Waals surface area (Å²) in [6, 6.07) is 1.72. The number of rotatable bonds is 2. The number of nitrogen functional groups attached to an aromatic ring is 1. The van der Waals surface area contributed by atoms with E-state index in [-0.39, 0.29) is 5.41 Å². The van der Waals surface area contributed by atoms with Gasteiger partial charge in [0.15, 0.2) is 0 Å². The molecule has 4 nitrogen and oxygen atoms in total. The van der Waals surface area contributed by atoms with Crippen LogP contribution in [0.15, 0.2) is 12.3 Å². The smallest absolute Gasteiger partial charge is 0.138 e. The quantitative estimate of drug-likeness (QED) is 0.762. The maximum atomic E-state index is 5.90. The van der Waals surface area contributed by atoms with Gasteiger partial charge in [-0.2, -0.15) is 0 Å². The molecular formula is C11H18N4. The zero-order valence-corrected chi connectivity index (χ0v) is 8.95. The fourth-order valence-electron chi connectivity index (χ4n) is 2.38. The zero-order valence-electron chi connectivity index (χ0n) is 8.95. The highest BCUT2D eigenvalue weighted by Gasteiger charge is 2.35. The van der Waals surface area contributed by atoms with E-state index in [1.807, 2.05) is 0 Å². The van der Waals surface area contributed by atoms with Gasteiger partial charge in [0.25, 0.3) is 0 Å². The second-order valence-electron chi connectivity index (χ2n) is 4.35. The summed E-state index contributed by atoms with van der Waals surface area (Å²) >= 11 is 0. The lowest BCUT2D eigenvalue weighted by molar-refractivity contribution is 0.286. The summed E-state index contributed by atoms with van der Waals surface area (Å²) < 4.78 is 0. The molecule has 2 rings (SSSR count). The van der Waals surface area contributed by atoms with Crippen molar-refractivity contribution in [1.29, 1.82) is 0 Å². The third kappa shape index (κ3) is 1.95. The van der Waals surface area contributed by atoms with Crippen LogP contribution in [0.4, 0.5) is 5.82 Å². The zero-order chi connectivity index (χ0) is 10.7. The Bertz CT molecular complexity index is 331. The minimum absolute atomic E-state index is 0.0202. The standard InChI is InChI=1S/C11H18N4/c12-8-11(5-2-1-3-6-11)10-14-7-4-9(13)15-10/h4,7H,1-3,5-6,8,12H2,(H2,13,14,15). The molecule has 0 radical (unpaired) electrons. The van der Waals surface area contributed by atoms with Crippen molar-refractivity contribution in [2.75, 3.05) is 12.3 Å². The first-order valence-corrected chi connectivity index (χ1v) is 5.56. The molecule has 1 fully saturated rings. The summed E-state index contributed by atoms with van der Waals surface area (Å²) in [5.41, 5.74) is 11.6. The highest BCUT2D eigenvalue weighted by atomic mass is 15.0. The Labute approximate surface area is 90.1 Å². The molecule has 0 atom stereocenters. The van der Waals surface area contributed by atoms with Crippen LogP contribution in [-0.2, 0) is 5.41 Å². The van der Waals surface area contributed by atoms with Gasteiger partial charge in [-0.25, -0.2) is 9.97 Å². The maximum absolute atomic E-state index is 5.90. The second-order valence-corrected chi connectivity index (χ2v) is 4.35. The van der Waals surface area contributed by atoms with Crippen molar-refractivity contribution >= 4 is 5.82 Å². The first-order valence-electron chi connectivity index (χ1n) is 5.56. The molecule has 1 aromatic rings. The van der Waals surface area contributed by atoms with Crippen LogP contribution in [0.1, 0.15) is 37.9 Å². The number of hydrogen-bond acceptors (Lipinski definition) is 4. The van der Waals surface area contributed by atoms with Crippen LogP contribution in [0.25, 0.3) is 0 Å². The largest absolute Gasteiger partial charge is 0.384 e. The van der Waals surface area contributed by atoms with Crippen molar-refractivity contribution in [3.63, 3.8) is 0 Å². The van der Waals surface area contributed by atoms with Gasteiger partial charge in [0.2, 0.25) is 0 Å². The molecule has 4 heteroatoms. The number of nitrogens with zero attached hydrogens (tertiary/aromatic N) is 2. The van der Waals surface area contributed by atoms with Gasteiger partial charge in [0.05, 0.1) is 0 Å². The molecule has 0 aliphatic heterocycles. The van der Waals surface area contributed by atoms with E-state index in [1.54, 1.807) is 12.3 Å². The predicted octanol–water partition coefficient (Wildman–Crippen LogP) is 1.22. The summed E-state index contributed by atoms with van der Waals surface area (Å²) in [6.45, 7) is 0.621. The molecule has 4 N–H and O–H groups in total. The van der Waals surface area contributed by atoms with Crippen molar-refractivity contribution < 1.29 is 0 Å². The first-order chi connectivity index (χ1) is 7.27. The lowest BCUT2D eigenvalue weighted by Crippen LogP contribution is -2.38. The molecule has 0 unspecified atom stereocenters. The summed E-state index contributed by atoms with van der Waals surface area (Å²) in [4.78, 5) is 8.66. The summed E-state index contributed by atoms with van der Waals surface area (Å²) in [5.74, 6) is 1.38. The van der Waals surface area contributed by atoms with E-state index in [0.717, 1.165) is 18.7 Å². The van der Waals surface area contributed by atoms with E-state index < -0.39 is 0 Å². The molecule has 0 saturated heterocycles. The van der Waals surface area contributed by atoms with Gasteiger partial charge in [0, 0.05) is 18.2 Å². The molecule has 15 heavy (non-hydrogen) atoms. The van der Waals surface area contributed by atoms with Crippen LogP contribution in [0, 0.1) is 0 Å². The molecule has 0 amide bonds. The van der Waals surface area contributed by atoms with Crippen LogP contribution in [-0.4, -0.2) is 16.5 Å². The van der Waals surface area contributed by atoms with Gasteiger partial charge in [-0.05, 0) is 18.9 Å². The van der Waals surface area contributed by atoms with Crippen molar-refractivity contribution in [1.82, 2.24) is 9.97 Å². The van der Waals surface area contributed by atoms with E-state index in [2.05, 4.69) is 9.97 Å². The van der Waals surface area contributed by atoms with E-state index in [1.165, 1.54) is 19.3 Å². The van der Waals surface area contributed by atoms with Crippen LogP contribution < -0.4 is 11.5 Å². The molecular weight excluding hydrogens is 188 g/mol. The Hall–Kier alpha value is -1.16.